The predicted octanol–water partition coefficient (Wildman–Crippen LogP) is 1.36. The van der Waals surface area contributed by atoms with Gasteiger partial charge in [0.15, 0.2) is 0 Å². The van der Waals surface area contributed by atoms with Crippen molar-refractivity contribution in [3.63, 3.8) is 0 Å². The average molecular weight is 220 g/mol. The lowest BCUT2D eigenvalue weighted by atomic mass is 10.2. The van der Waals surface area contributed by atoms with Gasteiger partial charge in [0.1, 0.15) is 5.82 Å². The number of hydrogen-bond donors (Lipinski definition) is 2. The van der Waals surface area contributed by atoms with Crippen molar-refractivity contribution < 1.29 is 14.7 Å². The number of aliphatic carboxylic acids is 1. The minimum absolute atomic E-state index is 0.123. The number of pyridine rings is 1. The number of carbonyl (C=O) groups is 2. The predicted molar refractivity (Wildman–Crippen MR) is 59.0 cm³/mol. The lowest BCUT2D eigenvalue weighted by Gasteiger charge is -2.06. The molecule has 5 nitrogen and oxygen atoms in total. The Kier molecular flexibility index (Phi) is 3.77. The largest absolute Gasteiger partial charge is 0.478 e. The minimum Gasteiger partial charge on any atom is -0.478 e. The molecule has 0 bridgehead atoms. The van der Waals surface area contributed by atoms with E-state index in [1.807, 2.05) is 0 Å². The highest BCUT2D eigenvalue weighted by molar-refractivity contribution is 6.06. The number of nitrogens with one attached hydrogen (secondary N) is 1. The van der Waals surface area contributed by atoms with Gasteiger partial charge in [0, 0.05) is 17.8 Å². The summed E-state index contributed by atoms with van der Waals surface area (Å²) in [7, 11) is 0. The van der Waals surface area contributed by atoms with E-state index in [0.29, 0.717) is 5.82 Å². The molecule has 0 aromatic carbocycles. The van der Waals surface area contributed by atoms with Gasteiger partial charge in [-0.15, -0.1) is 0 Å². The van der Waals surface area contributed by atoms with Crippen LogP contribution in [-0.4, -0.2) is 22.0 Å². The molecule has 0 saturated carbocycles. The molecule has 0 atom stereocenters. The number of aryl methyl sites for hydroxylation is 1. The van der Waals surface area contributed by atoms with Crippen LogP contribution in [0.15, 0.2) is 30.0 Å². The molecule has 0 aliphatic heterocycles. The third-order valence-corrected chi connectivity index (χ3v) is 1.94. The van der Waals surface area contributed by atoms with Crippen molar-refractivity contribution in [3.8, 4) is 0 Å². The van der Waals surface area contributed by atoms with Gasteiger partial charge in [-0.1, -0.05) is 6.07 Å². The number of anilines is 1. The molecule has 0 saturated heterocycles. The van der Waals surface area contributed by atoms with E-state index in [4.69, 9.17) is 5.11 Å². The second-order valence-electron chi connectivity index (χ2n) is 3.29. The summed E-state index contributed by atoms with van der Waals surface area (Å²) in [4.78, 5) is 25.9. The minimum atomic E-state index is -1.15. The Morgan fingerprint density at radius 3 is 2.75 bits per heavy atom. The number of carboxylic acid groups (broad SMARTS) is 1. The number of carbonyl (C=O) groups excluding carboxylic acids is 1. The van der Waals surface area contributed by atoms with Crippen molar-refractivity contribution in [3.05, 3.63) is 35.5 Å². The van der Waals surface area contributed by atoms with Crippen LogP contribution < -0.4 is 5.32 Å². The molecule has 16 heavy (non-hydrogen) atoms. The molecular weight excluding hydrogens is 208 g/mol. The zero-order valence-corrected chi connectivity index (χ0v) is 9.02. The molecular formula is C11H12N2O3. The number of amides is 1. The second kappa shape index (κ2) is 5.06. The molecule has 0 aliphatic rings. The van der Waals surface area contributed by atoms with Gasteiger partial charge in [0.25, 0.3) is 5.91 Å². The van der Waals surface area contributed by atoms with Crippen molar-refractivity contribution in [2.45, 2.75) is 13.8 Å². The Hall–Kier alpha value is -2.17. The van der Waals surface area contributed by atoms with Crippen LogP contribution in [-0.2, 0) is 9.59 Å². The summed E-state index contributed by atoms with van der Waals surface area (Å²) in [5.74, 6) is -1.18. The maximum absolute atomic E-state index is 11.5. The second-order valence-corrected chi connectivity index (χ2v) is 3.29. The van der Waals surface area contributed by atoms with Gasteiger partial charge in [0.05, 0.1) is 0 Å². The topological polar surface area (TPSA) is 79.3 Å². The van der Waals surface area contributed by atoms with E-state index in [1.165, 1.54) is 6.92 Å². The standard InChI is InChI=1S/C11H12N2O3/c1-7-4-3-5-12-10(7)13-11(16)8(2)6-9(14)15/h3-6H,1-2H3,(H,14,15)(H,12,13,16)/b8-6+. The highest BCUT2D eigenvalue weighted by Gasteiger charge is 2.08. The molecule has 0 spiro atoms. The summed E-state index contributed by atoms with van der Waals surface area (Å²) in [5.41, 5.74) is 0.941. The van der Waals surface area contributed by atoms with Gasteiger partial charge < -0.3 is 10.4 Å². The highest BCUT2D eigenvalue weighted by atomic mass is 16.4. The van der Waals surface area contributed by atoms with Crippen LogP contribution in [0.1, 0.15) is 12.5 Å². The lowest BCUT2D eigenvalue weighted by molar-refractivity contribution is -0.131. The SMILES string of the molecule is C/C(=C\C(=O)O)C(=O)Nc1ncccc1C. The average Bonchev–Trinajstić information content (AvgIpc) is 2.20. The van der Waals surface area contributed by atoms with E-state index in [1.54, 1.807) is 25.3 Å². The van der Waals surface area contributed by atoms with Crippen molar-refractivity contribution in [2.75, 3.05) is 5.32 Å². The van der Waals surface area contributed by atoms with E-state index < -0.39 is 11.9 Å². The monoisotopic (exact) mass is 220 g/mol. The van der Waals surface area contributed by atoms with Gasteiger partial charge in [-0.2, -0.15) is 0 Å². The lowest BCUT2D eigenvalue weighted by Crippen LogP contribution is -2.15. The van der Waals surface area contributed by atoms with E-state index in [9.17, 15) is 9.59 Å². The van der Waals surface area contributed by atoms with E-state index in [0.717, 1.165) is 11.6 Å². The summed E-state index contributed by atoms with van der Waals surface area (Å²) >= 11 is 0. The quantitative estimate of drug-likeness (QED) is 0.754. The molecule has 1 aromatic rings. The van der Waals surface area contributed by atoms with E-state index in [2.05, 4.69) is 10.3 Å². The van der Waals surface area contributed by atoms with Gasteiger partial charge >= 0.3 is 5.97 Å². The first-order valence-electron chi connectivity index (χ1n) is 4.65. The summed E-state index contributed by atoms with van der Waals surface area (Å²) in [6.45, 7) is 3.24. The zero-order chi connectivity index (χ0) is 12.1. The number of carboxylic acids is 1. The van der Waals surface area contributed by atoms with Gasteiger partial charge in [-0.05, 0) is 25.5 Å². The van der Waals surface area contributed by atoms with Crippen LogP contribution in [0.3, 0.4) is 0 Å². The summed E-state index contributed by atoms with van der Waals surface area (Å²) in [5, 5.41) is 11.0. The van der Waals surface area contributed by atoms with Crippen LogP contribution in [0.2, 0.25) is 0 Å². The third-order valence-electron chi connectivity index (χ3n) is 1.94. The first-order chi connectivity index (χ1) is 7.50. The Labute approximate surface area is 92.8 Å². The third kappa shape index (κ3) is 3.20. The zero-order valence-electron chi connectivity index (χ0n) is 9.02. The van der Waals surface area contributed by atoms with Gasteiger partial charge in [-0.3, -0.25) is 4.79 Å². The fraction of sp³-hybridized carbons (Fsp3) is 0.182. The van der Waals surface area contributed by atoms with Crippen LogP contribution in [0, 0.1) is 6.92 Å². The summed E-state index contributed by atoms with van der Waals surface area (Å²) in [6, 6.07) is 3.56. The van der Waals surface area contributed by atoms with Crippen LogP contribution in [0.4, 0.5) is 5.82 Å². The molecule has 1 rings (SSSR count). The Morgan fingerprint density at radius 2 is 2.19 bits per heavy atom. The first kappa shape index (κ1) is 11.9. The molecule has 1 heterocycles. The van der Waals surface area contributed by atoms with Gasteiger partial charge in [0.2, 0.25) is 0 Å². The molecule has 84 valence electrons. The Bertz CT molecular complexity index is 452. The molecule has 0 fully saturated rings. The highest BCUT2D eigenvalue weighted by Crippen LogP contribution is 2.10. The summed E-state index contributed by atoms with van der Waals surface area (Å²) < 4.78 is 0. The maximum Gasteiger partial charge on any atom is 0.328 e. The van der Waals surface area contributed by atoms with Crippen LogP contribution in [0.5, 0.6) is 0 Å². The molecule has 0 radical (unpaired) electrons. The van der Waals surface area contributed by atoms with E-state index in [-0.39, 0.29) is 5.57 Å². The molecule has 5 heteroatoms. The Balaban J connectivity index is 2.80. The normalized spacial score (nSPS) is 11.0. The molecule has 2 N–H and O–H groups in total. The van der Waals surface area contributed by atoms with Crippen molar-refractivity contribution in [2.24, 2.45) is 0 Å². The molecule has 1 amide bonds. The Morgan fingerprint density at radius 1 is 1.50 bits per heavy atom. The number of aromatic nitrogens is 1. The first-order valence-corrected chi connectivity index (χ1v) is 4.65. The smallest absolute Gasteiger partial charge is 0.328 e. The molecule has 1 aromatic heterocycles. The number of nitrogens with zero attached hydrogens (tertiary/aromatic N) is 1. The fourth-order valence-electron chi connectivity index (χ4n) is 1.07. The van der Waals surface area contributed by atoms with Crippen LogP contribution >= 0.6 is 0 Å². The number of rotatable bonds is 3. The maximum atomic E-state index is 11.5. The van der Waals surface area contributed by atoms with Crippen molar-refractivity contribution >= 4 is 17.7 Å². The van der Waals surface area contributed by atoms with Crippen LogP contribution in [0.25, 0.3) is 0 Å². The molecule has 0 aliphatic carbocycles. The summed E-state index contributed by atoms with van der Waals surface area (Å²) in [6.07, 6.45) is 2.41. The van der Waals surface area contributed by atoms with Gasteiger partial charge in [-0.25, -0.2) is 9.78 Å². The van der Waals surface area contributed by atoms with E-state index >= 15 is 0 Å². The fourth-order valence-corrected chi connectivity index (χ4v) is 1.07. The van der Waals surface area contributed by atoms with Crippen molar-refractivity contribution in [1.82, 2.24) is 4.98 Å². The number of hydrogen-bond acceptors (Lipinski definition) is 3. The molecule has 0 unspecified atom stereocenters. The van der Waals surface area contributed by atoms with Crippen molar-refractivity contribution in [1.29, 1.82) is 0 Å².